The maximum atomic E-state index is 15.2. The monoisotopic (exact) mass is 806 g/mol. The predicted octanol–water partition coefficient (Wildman–Crippen LogP) is 5.57. The molecule has 12 heteroatoms. The number of carbonyl (C=O) groups excluding carboxylic acids is 4. The van der Waals surface area contributed by atoms with Crippen molar-refractivity contribution in [1.29, 1.82) is 0 Å². The molecule has 9 atom stereocenters. The molecule has 3 heterocycles. The number of amides is 3. The van der Waals surface area contributed by atoms with Gasteiger partial charge in [-0.15, -0.1) is 13.2 Å². The zero-order chi connectivity index (χ0) is 39.2. The van der Waals surface area contributed by atoms with Crippen LogP contribution < -0.4 is 15.1 Å². The van der Waals surface area contributed by atoms with Crippen molar-refractivity contribution in [3.63, 3.8) is 0 Å². The molecule has 2 aromatic rings. The van der Waals surface area contributed by atoms with E-state index in [9.17, 15) is 19.5 Å². The Balaban J connectivity index is 1.53. The topological polar surface area (TPSA) is 129 Å². The quantitative estimate of drug-likeness (QED) is 0.107. The van der Waals surface area contributed by atoms with Crippen LogP contribution in [0.4, 0.5) is 11.4 Å². The fourth-order valence-electron chi connectivity index (χ4n) is 8.49. The lowest BCUT2D eigenvalue weighted by molar-refractivity contribution is -0.147. The number of ether oxygens (including phenoxy) is 2. The van der Waals surface area contributed by atoms with Crippen LogP contribution in [0.15, 0.2) is 79.9 Å². The number of esters is 1. The second kappa shape index (κ2) is 18.1. The number of benzene rings is 2. The molecule has 11 nitrogen and oxygen atoms in total. The normalized spacial score (nSPS) is 25.7. The largest absolute Gasteiger partial charge is 0.463 e. The van der Waals surface area contributed by atoms with Gasteiger partial charge in [-0.1, -0.05) is 78.7 Å². The molecule has 3 aliphatic rings. The predicted molar refractivity (Wildman–Crippen MR) is 213 cm³/mol. The third kappa shape index (κ3) is 7.88. The Bertz CT molecular complexity index is 1650. The smallest absolute Gasteiger partial charge is 0.306 e. The number of halogens is 1. The first-order chi connectivity index (χ1) is 26.0. The fourth-order valence-corrected chi connectivity index (χ4v) is 9.44. The van der Waals surface area contributed by atoms with E-state index in [1.54, 1.807) is 17.1 Å². The van der Waals surface area contributed by atoms with E-state index in [2.05, 4.69) is 53.2 Å². The standard InChI is InChI=1S/C42H55BrN4O7/c1-7-12-18-34(49)53-26-32(28-16-14-13-15-17-28)44-39(50)35-36-40(51)47(33(25-48)27(6)9-3)38(42(36)24-31(43)37(35)54-42)41(52)46(23-8-2)30-21-19-29(20-22-30)45(10-4)11-5/h7-8,13-17,19-22,27,31-33,35-38,48H,1-2,9-12,18,23-26H2,3-6H3,(H,44,50)/t27-,31?,32+,33-,35-,36+,37-,38-,42+/m0/s1. The highest BCUT2D eigenvalue weighted by Crippen LogP contribution is 2.61. The highest BCUT2D eigenvalue weighted by Gasteiger charge is 2.77. The van der Waals surface area contributed by atoms with Gasteiger partial charge in [-0.25, -0.2) is 0 Å². The van der Waals surface area contributed by atoms with Crippen molar-refractivity contribution in [3.05, 3.63) is 85.5 Å². The number of nitrogens with zero attached hydrogens (tertiary/aromatic N) is 3. The van der Waals surface area contributed by atoms with Gasteiger partial charge in [0.15, 0.2) is 0 Å². The van der Waals surface area contributed by atoms with Crippen molar-refractivity contribution < 1.29 is 33.8 Å². The third-order valence-corrected chi connectivity index (χ3v) is 12.3. The first kappa shape index (κ1) is 41.2. The van der Waals surface area contributed by atoms with Gasteiger partial charge in [0.2, 0.25) is 11.8 Å². The second-order valence-electron chi connectivity index (χ2n) is 14.5. The first-order valence-electron chi connectivity index (χ1n) is 19.2. The van der Waals surface area contributed by atoms with Crippen molar-refractivity contribution in [2.45, 2.75) is 88.0 Å². The number of likely N-dealkylation sites (tertiary alicyclic amines) is 1. The van der Waals surface area contributed by atoms with Gasteiger partial charge in [0.25, 0.3) is 5.91 Å². The van der Waals surface area contributed by atoms with Gasteiger partial charge in [-0.05, 0) is 62.4 Å². The van der Waals surface area contributed by atoms with Crippen molar-refractivity contribution >= 4 is 51.0 Å². The van der Waals surface area contributed by atoms with Gasteiger partial charge in [0, 0.05) is 42.3 Å². The summed E-state index contributed by atoms with van der Waals surface area (Å²) in [5.41, 5.74) is 1.04. The molecular weight excluding hydrogens is 752 g/mol. The highest BCUT2D eigenvalue weighted by molar-refractivity contribution is 9.09. The number of hydrogen-bond acceptors (Lipinski definition) is 8. The number of anilines is 2. The molecule has 0 radical (unpaired) electrons. The number of aliphatic hydroxyl groups is 1. The summed E-state index contributed by atoms with van der Waals surface area (Å²) in [6, 6.07) is 14.4. The summed E-state index contributed by atoms with van der Waals surface area (Å²) < 4.78 is 12.4. The summed E-state index contributed by atoms with van der Waals surface area (Å²) in [6.07, 6.45) is 4.18. The molecule has 2 bridgehead atoms. The van der Waals surface area contributed by atoms with Crippen LogP contribution in [0.5, 0.6) is 0 Å². The zero-order valence-electron chi connectivity index (χ0n) is 31.9. The van der Waals surface area contributed by atoms with Crippen LogP contribution in [0.1, 0.15) is 65.0 Å². The molecule has 3 aliphatic heterocycles. The van der Waals surface area contributed by atoms with E-state index in [-0.39, 0.29) is 42.8 Å². The van der Waals surface area contributed by atoms with Gasteiger partial charge in [-0.2, -0.15) is 0 Å². The summed E-state index contributed by atoms with van der Waals surface area (Å²) >= 11 is 3.77. The van der Waals surface area contributed by atoms with Crippen molar-refractivity contribution in [2.75, 3.05) is 42.6 Å². The first-order valence-corrected chi connectivity index (χ1v) is 20.1. The van der Waals surface area contributed by atoms with Crippen LogP contribution in [-0.2, 0) is 28.7 Å². The van der Waals surface area contributed by atoms with Crippen LogP contribution in [0, 0.1) is 17.8 Å². The molecule has 3 fully saturated rings. The molecule has 1 unspecified atom stereocenters. The van der Waals surface area contributed by atoms with E-state index in [0.29, 0.717) is 24.9 Å². The second-order valence-corrected chi connectivity index (χ2v) is 15.6. The van der Waals surface area contributed by atoms with E-state index in [1.807, 2.05) is 68.4 Å². The molecule has 0 aromatic heterocycles. The summed E-state index contributed by atoms with van der Waals surface area (Å²) in [6.45, 7) is 17.1. The van der Waals surface area contributed by atoms with E-state index < -0.39 is 59.5 Å². The lowest BCUT2D eigenvalue weighted by Crippen LogP contribution is -2.60. The molecule has 2 aromatic carbocycles. The molecule has 0 aliphatic carbocycles. The van der Waals surface area contributed by atoms with Gasteiger partial charge in [-0.3, -0.25) is 19.2 Å². The summed E-state index contributed by atoms with van der Waals surface area (Å²) in [4.78, 5) is 62.2. The van der Waals surface area contributed by atoms with E-state index in [1.165, 1.54) is 4.90 Å². The minimum Gasteiger partial charge on any atom is -0.463 e. The average Bonchev–Trinajstić information content (AvgIpc) is 3.78. The Morgan fingerprint density at radius 3 is 2.33 bits per heavy atom. The van der Waals surface area contributed by atoms with Crippen LogP contribution in [0.2, 0.25) is 0 Å². The molecular formula is C42H55BrN4O7. The van der Waals surface area contributed by atoms with Crippen LogP contribution in [-0.4, -0.2) is 95.2 Å². The Kier molecular flexibility index (Phi) is 13.8. The summed E-state index contributed by atoms with van der Waals surface area (Å²) in [5, 5.41) is 13.9. The molecule has 3 saturated heterocycles. The number of allylic oxidation sites excluding steroid dienone is 1. The Morgan fingerprint density at radius 1 is 1.07 bits per heavy atom. The molecule has 54 heavy (non-hydrogen) atoms. The minimum absolute atomic E-state index is 0.108. The third-order valence-electron chi connectivity index (χ3n) is 11.5. The van der Waals surface area contributed by atoms with Crippen molar-refractivity contribution in [1.82, 2.24) is 10.2 Å². The van der Waals surface area contributed by atoms with E-state index >= 15 is 4.79 Å². The number of rotatable bonds is 19. The molecule has 1 spiro atoms. The maximum absolute atomic E-state index is 15.2. The minimum atomic E-state index is -1.35. The van der Waals surface area contributed by atoms with E-state index in [4.69, 9.17) is 9.47 Å². The van der Waals surface area contributed by atoms with Gasteiger partial charge in [0.1, 0.15) is 18.2 Å². The van der Waals surface area contributed by atoms with Crippen molar-refractivity contribution in [2.24, 2.45) is 17.8 Å². The Morgan fingerprint density at radius 2 is 1.74 bits per heavy atom. The Hall–Kier alpha value is -4.00. The molecule has 5 rings (SSSR count). The van der Waals surface area contributed by atoms with Crippen LogP contribution >= 0.6 is 15.9 Å². The van der Waals surface area contributed by atoms with Crippen molar-refractivity contribution in [3.8, 4) is 0 Å². The number of alkyl halides is 1. The number of fused-ring (bicyclic) bond motifs is 1. The molecule has 0 saturated carbocycles. The zero-order valence-corrected chi connectivity index (χ0v) is 33.5. The van der Waals surface area contributed by atoms with Gasteiger partial charge in [0.05, 0.1) is 36.6 Å². The van der Waals surface area contributed by atoms with Crippen LogP contribution in [0.25, 0.3) is 0 Å². The SMILES string of the molecule is C=CCCC(=O)OC[C@@H](NC(=O)[C@@H]1[C@H]2O[C@@]3(CC2Br)[C@H](C(=O)N(CC=C)c2ccc(N(CC)CC)cc2)N([C@@H](CO)[C@@H](C)CC)C(=O)[C@@H]13)c1ccccc1. The van der Waals surface area contributed by atoms with E-state index in [0.717, 1.165) is 24.3 Å². The summed E-state index contributed by atoms with van der Waals surface area (Å²) in [5.74, 6) is -3.72. The van der Waals surface area contributed by atoms with Crippen LogP contribution in [0.3, 0.4) is 0 Å². The Labute approximate surface area is 327 Å². The molecule has 3 amide bonds. The number of hydrogen-bond donors (Lipinski definition) is 2. The molecule has 2 N–H and O–H groups in total. The lowest BCUT2D eigenvalue weighted by atomic mass is 9.70. The highest BCUT2D eigenvalue weighted by atomic mass is 79.9. The van der Waals surface area contributed by atoms with Gasteiger partial charge >= 0.3 is 5.97 Å². The number of aliphatic hydroxyl groups excluding tert-OH is 1. The number of carbonyl (C=O) groups is 4. The maximum Gasteiger partial charge on any atom is 0.306 e. The average molecular weight is 808 g/mol. The van der Waals surface area contributed by atoms with Gasteiger partial charge < -0.3 is 34.6 Å². The fraction of sp³-hybridized carbons (Fsp3) is 0.524. The number of nitrogens with one attached hydrogen (secondary N) is 1. The lowest BCUT2D eigenvalue weighted by Gasteiger charge is -2.41. The molecule has 292 valence electrons. The summed E-state index contributed by atoms with van der Waals surface area (Å²) in [7, 11) is 0.